The molecule has 154 valence electrons. The molecule has 2 heterocycles. The number of nitrogens with one attached hydrogen (secondary N) is 1. The maximum absolute atomic E-state index is 13.7. The lowest BCUT2D eigenvalue weighted by molar-refractivity contribution is -0.0372. The van der Waals surface area contributed by atoms with Crippen molar-refractivity contribution in [2.24, 2.45) is 0 Å². The number of benzene rings is 1. The van der Waals surface area contributed by atoms with E-state index in [4.69, 9.17) is 4.74 Å². The number of aromatic hydroxyl groups is 1. The van der Waals surface area contributed by atoms with Gasteiger partial charge < -0.3 is 24.6 Å². The van der Waals surface area contributed by atoms with Crippen LogP contribution in [-0.4, -0.2) is 46.3 Å². The molecule has 0 spiro atoms. The molecule has 1 atom stereocenters. The van der Waals surface area contributed by atoms with Crippen LogP contribution < -0.4 is 10.7 Å². The Hall–Kier alpha value is -3.27. The third-order valence-electron chi connectivity index (χ3n) is 4.73. The Morgan fingerprint density at radius 1 is 1.34 bits per heavy atom. The van der Waals surface area contributed by atoms with Gasteiger partial charge in [-0.2, -0.15) is 0 Å². The van der Waals surface area contributed by atoms with Gasteiger partial charge in [-0.3, -0.25) is 14.4 Å². The molecule has 0 saturated carbocycles. The van der Waals surface area contributed by atoms with E-state index < -0.39 is 46.4 Å². The summed E-state index contributed by atoms with van der Waals surface area (Å²) in [6.45, 7) is 1.84. The van der Waals surface area contributed by atoms with E-state index in [0.29, 0.717) is 12.6 Å². The van der Waals surface area contributed by atoms with Crippen molar-refractivity contribution in [1.29, 1.82) is 0 Å². The minimum Gasteiger partial charge on any atom is -0.503 e. The van der Waals surface area contributed by atoms with Gasteiger partial charge in [0.15, 0.2) is 11.4 Å². The topological polar surface area (TPSA) is 101 Å². The number of likely N-dealkylation sites (N-methyl/N-ethyl adjacent to an activating group) is 1. The normalized spacial score (nSPS) is 15.9. The summed E-state index contributed by atoms with van der Waals surface area (Å²) in [5.41, 5.74) is -1.64. The fourth-order valence-corrected chi connectivity index (χ4v) is 3.20. The van der Waals surface area contributed by atoms with Crippen LogP contribution in [-0.2, 0) is 17.8 Å². The molecule has 1 aliphatic rings. The highest BCUT2D eigenvalue weighted by molar-refractivity contribution is 5.99. The highest BCUT2D eigenvalue weighted by Gasteiger charge is 2.35. The molecule has 0 bridgehead atoms. The van der Waals surface area contributed by atoms with Gasteiger partial charge in [-0.1, -0.05) is 6.07 Å². The number of amides is 2. The van der Waals surface area contributed by atoms with Crippen molar-refractivity contribution < 1.29 is 28.2 Å². The van der Waals surface area contributed by atoms with Crippen molar-refractivity contribution in [3.63, 3.8) is 0 Å². The van der Waals surface area contributed by atoms with Crippen molar-refractivity contribution >= 4 is 11.8 Å². The molecule has 0 saturated heterocycles. The third-order valence-corrected chi connectivity index (χ3v) is 4.73. The Morgan fingerprint density at radius 3 is 2.69 bits per heavy atom. The van der Waals surface area contributed by atoms with Crippen LogP contribution in [0.15, 0.2) is 29.2 Å². The number of ether oxygens (including phenoxy) is 1. The lowest BCUT2D eigenvalue weighted by Crippen LogP contribution is -2.50. The number of nitrogens with zero attached hydrogens (tertiary/aromatic N) is 2. The second kappa shape index (κ2) is 8.00. The summed E-state index contributed by atoms with van der Waals surface area (Å²) in [7, 11) is 1.42. The zero-order chi connectivity index (χ0) is 21.3. The monoisotopic (exact) mass is 407 g/mol. The van der Waals surface area contributed by atoms with Gasteiger partial charge in [0, 0.05) is 38.0 Å². The molecule has 1 unspecified atom stereocenters. The van der Waals surface area contributed by atoms with E-state index >= 15 is 0 Å². The Morgan fingerprint density at radius 2 is 2.07 bits per heavy atom. The quantitative estimate of drug-likeness (QED) is 0.776. The molecule has 2 amide bonds. The smallest absolute Gasteiger partial charge is 0.276 e. The first-order valence-corrected chi connectivity index (χ1v) is 8.80. The van der Waals surface area contributed by atoms with Crippen LogP contribution in [0.4, 0.5) is 8.78 Å². The minimum absolute atomic E-state index is 0.0234. The van der Waals surface area contributed by atoms with E-state index in [2.05, 4.69) is 5.32 Å². The summed E-state index contributed by atoms with van der Waals surface area (Å²) in [4.78, 5) is 38.8. The van der Waals surface area contributed by atoms with Crippen LogP contribution in [0.5, 0.6) is 5.75 Å². The summed E-state index contributed by atoms with van der Waals surface area (Å²) in [5.74, 6) is -3.91. The summed E-state index contributed by atoms with van der Waals surface area (Å²) in [6, 6.07) is 2.89. The van der Waals surface area contributed by atoms with Crippen molar-refractivity contribution in [1.82, 2.24) is 14.8 Å². The van der Waals surface area contributed by atoms with Crippen molar-refractivity contribution in [3.8, 4) is 5.75 Å². The zero-order valence-electron chi connectivity index (χ0n) is 15.7. The van der Waals surface area contributed by atoms with E-state index in [0.717, 1.165) is 12.3 Å². The van der Waals surface area contributed by atoms with Crippen LogP contribution in [0.1, 0.15) is 33.3 Å². The minimum atomic E-state index is -1.02. The number of carbonyl (C=O) groups excluding carboxylic acids is 2. The maximum Gasteiger partial charge on any atom is 0.276 e. The molecule has 0 aliphatic carbocycles. The fraction of sp³-hybridized carbons (Fsp3) is 0.316. The number of fused-ring (bicyclic) bond motifs is 1. The number of pyridine rings is 1. The van der Waals surface area contributed by atoms with Crippen LogP contribution in [0.3, 0.4) is 0 Å². The predicted molar refractivity (Wildman–Crippen MR) is 97.4 cm³/mol. The second-order valence-electron chi connectivity index (χ2n) is 6.42. The number of hydrogen-bond donors (Lipinski definition) is 2. The molecule has 1 aromatic heterocycles. The van der Waals surface area contributed by atoms with Gasteiger partial charge in [-0.25, -0.2) is 8.78 Å². The Labute approximate surface area is 164 Å². The van der Waals surface area contributed by atoms with Crippen LogP contribution >= 0.6 is 0 Å². The molecule has 0 fully saturated rings. The highest BCUT2D eigenvalue weighted by Crippen LogP contribution is 2.23. The van der Waals surface area contributed by atoms with Crippen molar-refractivity contribution in [2.45, 2.75) is 26.2 Å². The van der Waals surface area contributed by atoms with Crippen LogP contribution in [0, 0.1) is 11.6 Å². The third kappa shape index (κ3) is 3.70. The second-order valence-corrected chi connectivity index (χ2v) is 6.42. The van der Waals surface area contributed by atoms with Gasteiger partial charge in [0.2, 0.25) is 5.43 Å². The molecule has 2 aromatic rings. The Bertz CT molecular complexity index is 1040. The first-order chi connectivity index (χ1) is 13.8. The Balaban J connectivity index is 1.91. The molecule has 0 radical (unpaired) electrons. The van der Waals surface area contributed by atoms with E-state index in [1.807, 2.05) is 0 Å². The highest BCUT2D eigenvalue weighted by atomic mass is 19.1. The van der Waals surface area contributed by atoms with Gasteiger partial charge in [0.25, 0.3) is 11.8 Å². The number of rotatable bonds is 5. The maximum atomic E-state index is 13.7. The number of carbonyl (C=O) groups is 2. The van der Waals surface area contributed by atoms with Gasteiger partial charge in [-0.15, -0.1) is 0 Å². The summed E-state index contributed by atoms with van der Waals surface area (Å²) >= 11 is 0. The van der Waals surface area contributed by atoms with E-state index in [9.17, 15) is 28.3 Å². The molecule has 2 N–H and O–H groups in total. The molecule has 8 nitrogen and oxygen atoms in total. The fourth-order valence-electron chi connectivity index (χ4n) is 3.20. The zero-order valence-corrected chi connectivity index (χ0v) is 15.7. The average molecular weight is 407 g/mol. The number of hydrogen-bond acceptors (Lipinski definition) is 5. The standard InChI is InChI=1S/C19H19F2N3O5/c1-3-24-14(29-2)9-23-8-12(16(25)17(26)15(23)19(24)28)18(27)22-7-10-4-5-11(20)6-13(10)21/h4-6,8,14,26H,3,7,9H2,1-2H3,(H,22,27). The van der Waals surface area contributed by atoms with Gasteiger partial charge >= 0.3 is 0 Å². The average Bonchev–Trinajstić information content (AvgIpc) is 2.69. The molecular formula is C19H19F2N3O5. The lowest BCUT2D eigenvalue weighted by atomic mass is 10.1. The molecule has 10 heteroatoms. The number of methoxy groups -OCH3 is 1. The first kappa shape index (κ1) is 20.5. The SMILES string of the molecule is CCN1C(=O)c2c(O)c(=O)c(C(=O)NCc3ccc(F)cc3F)cn2CC1OC. The van der Waals surface area contributed by atoms with Crippen molar-refractivity contribution in [2.75, 3.05) is 13.7 Å². The first-order valence-electron chi connectivity index (χ1n) is 8.80. The predicted octanol–water partition coefficient (Wildman–Crippen LogP) is 1.21. The largest absolute Gasteiger partial charge is 0.503 e. The Kier molecular flexibility index (Phi) is 5.64. The van der Waals surface area contributed by atoms with Gasteiger partial charge in [-0.05, 0) is 13.0 Å². The van der Waals surface area contributed by atoms with E-state index in [1.165, 1.54) is 22.6 Å². The number of aromatic nitrogens is 1. The molecule has 1 aliphatic heterocycles. The number of halogens is 2. The van der Waals surface area contributed by atoms with E-state index in [1.54, 1.807) is 6.92 Å². The molecule has 3 rings (SSSR count). The van der Waals surface area contributed by atoms with Gasteiger partial charge in [0.05, 0.1) is 6.54 Å². The molecular weight excluding hydrogens is 388 g/mol. The van der Waals surface area contributed by atoms with Crippen LogP contribution in [0.25, 0.3) is 0 Å². The lowest BCUT2D eigenvalue weighted by Gasteiger charge is -2.36. The summed E-state index contributed by atoms with van der Waals surface area (Å²) < 4.78 is 33.2. The van der Waals surface area contributed by atoms with Crippen LogP contribution in [0.2, 0.25) is 0 Å². The van der Waals surface area contributed by atoms with Crippen molar-refractivity contribution in [3.05, 3.63) is 63.1 Å². The molecule has 1 aromatic carbocycles. The summed E-state index contributed by atoms with van der Waals surface area (Å²) in [5, 5.41) is 12.6. The van der Waals surface area contributed by atoms with Gasteiger partial charge in [0.1, 0.15) is 23.4 Å². The molecule has 29 heavy (non-hydrogen) atoms. The van der Waals surface area contributed by atoms with E-state index in [-0.39, 0.29) is 24.3 Å². The summed E-state index contributed by atoms with van der Waals surface area (Å²) in [6.07, 6.45) is 0.524.